The molecule has 0 unspecified atom stereocenters. The van der Waals surface area contributed by atoms with Crippen LogP contribution in [-0.2, 0) is 0 Å². The molecule has 0 aliphatic carbocycles. The molecule has 2 nitrogen and oxygen atoms in total. The van der Waals surface area contributed by atoms with Crippen molar-refractivity contribution in [2.45, 2.75) is 30.8 Å². The van der Waals surface area contributed by atoms with E-state index in [1.165, 1.54) is 12.1 Å². The number of halogens is 4. The normalized spacial score (nSPS) is 17.8. The molecule has 0 radical (unpaired) electrons. The maximum atomic E-state index is 13.9. The number of rotatable bonds is 3. The lowest BCUT2D eigenvalue weighted by atomic mass is 10.2. The second-order valence-electron chi connectivity index (χ2n) is 5.03. The molecule has 1 aromatic rings. The lowest BCUT2D eigenvalue weighted by Crippen LogP contribution is -2.18. The van der Waals surface area contributed by atoms with Gasteiger partial charge in [-0.05, 0) is 31.0 Å². The average molecular weight is 320 g/mol. The van der Waals surface area contributed by atoms with E-state index in [1.54, 1.807) is 6.92 Å². The first-order valence-electron chi connectivity index (χ1n) is 6.54. The van der Waals surface area contributed by atoms with E-state index >= 15 is 0 Å². The maximum absolute atomic E-state index is 13.9. The van der Waals surface area contributed by atoms with Crippen molar-refractivity contribution in [1.29, 1.82) is 0 Å². The van der Waals surface area contributed by atoms with Gasteiger partial charge in [0.2, 0.25) is 0 Å². The van der Waals surface area contributed by atoms with Gasteiger partial charge < -0.3 is 4.90 Å². The third kappa shape index (κ3) is 4.36. The highest BCUT2D eigenvalue weighted by molar-refractivity contribution is 7.99. The standard InChI is InChI=1S/C14H16F4N2S/c1-9-6-10(15)11(19-13-4-3-5-20(13)2)7-12(9)21-8-14(16,17)18/h6-7H,3-5,8H2,1-2H3. The fourth-order valence-corrected chi connectivity index (χ4v) is 2.92. The van der Waals surface area contributed by atoms with E-state index in [9.17, 15) is 17.6 Å². The molecular weight excluding hydrogens is 304 g/mol. The van der Waals surface area contributed by atoms with Gasteiger partial charge in [-0.1, -0.05) is 0 Å². The molecule has 1 aliphatic rings. The predicted molar refractivity (Wildman–Crippen MR) is 76.9 cm³/mol. The topological polar surface area (TPSA) is 15.6 Å². The van der Waals surface area contributed by atoms with Gasteiger partial charge >= 0.3 is 6.18 Å². The summed E-state index contributed by atoms with van der Waals surface area (Å²) < 4.78 is 50.8. The van der Waals surface area contributed by atoms with Crippen molar-refractivity contribution in [3.8, 4) is 0 Å². The highest BCUT2D eigenvalue weighted by atomic mass is 32.2. The zero-order valence-electron chi connectivity index (χ0n) is 11.8. The van der Waals surface area contributed by atoms with Crippen LogP contribution in [0.5, 0.6) is 0 Å². The summed E-state index contributed by atoms with van der Waals surface area (Å²) in [6.07, 6.45) is -2.53. The van der Waals surface area contributed by atoms with Crippen LogP contribution >= 0.6 is 11.8 Å². The molecule has 0 bridgehead atoms. The maximum Gasteiger partial charge on any atom is 0.398 e. The summed E-state index contributed by atoms with van der Waals surface area (Å²) in [6, 6.07) is 2.65. The minimum atomic E-state index is -4.25. The van der Waals surface area contributed by atoms with Crippen LogP contribution in [0.1, 0.15) is 18.4 Å². The number of hydrogen-bond acceptors (Lipinski definition) is 2. The average Bonchev–Trinajstić information content (AvgIpc) is 2.76. The summed E-state index contributed by atoms with van der Waals surface area (Å²) in [5.41, 5.74) is 0.597. The van der Waals surface area contributed by atoms with Crippen molar-refractivity contribution in [3.05, 3.63) is 23.5 Å². The van der Waals surface area contributed by atoms with Gasteiger partial charge in [0, 0.05) is 24.9 Å². The van der Waals surface area contributed by atoms with Gasteiger partial charge in [-0.15, -0.1) is 11.8 Å². The molecule has 0 atom stereocenters. The largest absolute Gasteiger partial charge is 0.398 e. The van der Waals surface area contributed by atoms with E-state index < -0.39 is 17.7 Å². The van der Waals surface area contributed by atoms with Gasteiger partial charge in [0.25, 0.3) is 0 Å². The number of alkyl halides is 3. The van der Waals surface area contributed by atoms with Crippen molar-refractivity contribution < 1.29 is 17.6 Å². The Hall–Kier alpha value is -1.24. The van der Waals surface area contributed by atoms with E-state index in [2.05, 4.69) is 4.99 Å². The Morgan fingerprint density at radius 2 is 2.05 bits per heavy atom. The van der Waals surface area contributed by atoms with Crippen LogP contribution in [0, 0.1) is 12.7 Å². The monoisotopic (exact) mass is 320 g/mol. The summed E-state index contributed by atoms with van der Waals surface area (Å²) in [4.78, 5) is 6.60. The van der Waals surface area contributed by atoms with Crippen LogP contribution in [0.2, 0.25) is 0 Å². The quantitative estimate of drug-likeness (QED) is 0.600. The molecule has 1 heterocycles. The molecule has 1 saturated heterocycles. The molecule has 1 fully saturated rings. The number of nitrogens with zero attached hydrogens (tertiary/aromatic N) is 2. The Kier molecular flexibility index (Phi) is 4.81. The van der Waals surface area contributed by atoms with Gasteiger partial charge in [-0.3, -0.25) is 0 Å². The van der Waals surface area contributed by atoms with Crippen molar-refractivity contribution in [1.82, 2.24) is 4.90 Å². The lowest BCUT2D eigenvalue weighted by molar-refractivity contribution is -0.105. The van der Waals surface area contributed by atoms with Gasteiger partial charge in [-0.2, -0.15) is 13.2 Å². The number of aliphatic imine (C=N–C) groups is 1. The highest BCUT2D eigenvalue weighted by Crippen LogP contribution is 2.33. The first-order chi connectivity index (χ1) is 9.76. The molecule has 0 N–H and O–H groups in total. The molecular formula is C14H16F4N2S. The highest BCUT2D eigenvalue weighted by Gasteiger charge is 2.27. The number of likely N-dealkylation sites (tertiary alicyclic amines) is 1. The van der Waals surface area contributed by atoms with Crippen LogP contribution in [0.15, 0.2) is 22.0 Å². The third-order valence-electron chi connectivity index (χ3n) is 3.22. The van der Waals surface area contributed by atoms with Crippen LogP contribution in [0.25, 0.3) is 0 Å². The van der Waals surface area contributed by atoms with Crippen molar-refractivity contribution in [3.63, 3.8) is 0 Å². The number of benzene rings is 1. The molecule has 116 valence electrons. The molecule has 1 aromatic carbocycles. The minimum Gasteiger partial charge on any atom is -0.363 e. The van der Waals surface area contributed by atoms with E-state index in [0.29, 0.717) is 22.2 Å². The number of aryl methyl sites for hydroxylation is 1. The molecule has 2 rings (SSSR count). The summed E-state index contributed by atoms with van der Waals surface area (Å²) in [5.74, 6) is -0.726. The molecule has 0 saturated carbocycles. The van der Waals surface area contributed by atoms with Gasteiger partial charge in [0.05, 0.1) is 5.75 Å². The summed E-state index contributed by atoms with van der Waals surface area (Å²) in [5, 5.41) is 0. The number of thioether (sulfide) groups is 1. The zero-order valence-corrected chi connectivity index (χ0v) is 12.6. The summed E-state index contributed by atoms with van der Waals surface area (Å²) >= 11 is 0.661. The second-order valence-corrected chi connectivity index (χ2v) is 6.04. The van der Waals surface area contributed by atoms with Gasteiger partial charge in [0.15, 0.2) is 0 Å². The Morgan fingerprint density at radius 3 is 2.62 bits per heavy atom. The summed E-state index contributed by atoms with van der Waals surface area (Å²) in [7, 11) is 1.87. The summed E-state index contributed by atoms with van der Waals surface area (Å²) in [6.45, 7) is 2.46. The molecule has 0 aromatic heterocycles. The number of amidine groups is 1. The molecule has 1 aliphatic heterocycles. The molecule has 0 spiro atoms. The van der Waals surface area contributed by atoms with Crippen LogP contribution in [0.3, 0.4) is 0 Å². The Bertz CT molecular complexity index is 555. The Morgan fingerprint density at radius 1 is 1.33 bits per heavy atom. The van der Waals surface area contributed by atoms with Crippen molar-refractivity contribution >= 4 is 23.3 Å². The van der Waals surface area contributed by atoms with Crippen molar-refractivity contribution in [2.24, 2.45) is 4.99 Å². The fraction of sp³-hybridized carbons (Fsp3) is 0.500. The van der Waals surface area contributed by atoms with Crippen LogP contribution in [-0.4, -0.2) is 36.3 Å². The second kappa shape index (κ2) is 6.25. The van der Waals surface area contributed by atoms with E-state index in [-0.39, 0.29) is 5.69 Å². The molecule has 7 heteroatoms. The molecule has 21 heavy (non-hydrogen) atoms. The smallest absolute Gasteiger partial charge is 0.363 e. The molecule has 0 amide bonds. The minimum absolute atomic E-state index is 0.106. The first-order valence-corrected chi connectivity index (χ1v) is 7.53. The van der Waals surface area contributed by atoms with Crippen LogP contribution < -0.4 is 0 Å². The van der Waals surface area contributed by atoms with E-state index in [0.717, 1.165) is 25.2 Å². The third-order valence-corrected chi connectivity index (χ3v) is 4.44. The first kappa shape index (κ1) is 16.1. The lowest BCUT2D eigenvalue weighted by Gasteiger charge is -2.13. The van der Waals surface area contributed by atoms with Gasteiger partial charge in [0.1, 0.15) is 17.3 Å². The Labute approximate surface area is 125 Å². The SMILES string of the molecule is Cc1cc(F)c(N=C2CCCN2C)cc1SCC(F)(F)F. The fourth-order valence-electron chi connectivity index (χ4n) is 2.12. The Balaban J connectivity index is 2.26. The van der Waals surface area contributed by atoms with Crippen LogP contribution in [0.4, 0.5) is 23.2 Å². The van der Waals surface area contributed by atoms with Crippen molar-refractivity contribution in [2.75, 3.05) is 19.3 Å². The van der Waals surface area contributed by atoms with E-state index in [1.807, 2.05) is 11.9 Å². The van der Waals surface area contributed by atoms with E-state index in [4.69, 9.17) is 0 Å². The number of hydrogen-bond donors (Lipinski definition) is 0. The van der Waals surface area contributed by atoms with Gasteiger partial charge in [-0.25, -0.2) is 9.38 Å². The predicted octanol–water partition coefficient (Wildman–Crippen LogP) is 4.54. The zero-order chi connectivity index (χ0) is 15.6.